The summed E-state index contributed by atoms with van der Waals surface area (Å²) >= 11 is 0. The summed E-state index contributed by atoms with van der Waals surface area (Å²) in [4.78, 5) is 0. The summed E-state index contributed by atoms with van der Waals surface area (Å²) in [5.41, 5.74) is 6.04. The second-order valence-electron chi connectivity index (χ2n) is 6.79. The second kappa shape index (κ2) is 7.47. The highest BCUT2D eigenvalue weighted by molar-refractivity contribution is 6.02. The van der Waals surface area contributed by atoms with Crippen molar-refractivity contribution in [3.05, 3.63) is 60.2 Å². The van der Waals surface area contributed by atoms with Crippen molar-refractivity contribution in [1.82, 2.24) is 4.58 Å². The number of fused-ring (bicyclic) bond motifs is 2. The summed E-state index contributed by atoms with van der Waals surface area (Å²) in [6.45, 7) is 2.35. The standard InChI is InChI=1S/C20H22N.ClHO4/c1-16-20(14-8-3-9-15-20)18-12-6-7-13-19(18)21(16)17-10-4-2-5-11-17;2-1(3,4)5/h2,4-7,10-13H,3,8-9,14-15H2,1H3;(H,2,3,4,5)/q+1;/p-1. The average molecular weight is 376 g/mol. The SMILES string of the molecule is CC1=[N+](c2ccccc2)c2ccccc2C12CCCCC2.[O-][Cl+3]([O-])([O-])[O-]. The molecule has 0 atom stereocenters. The maximum Gasteiger partial charge on any atom is 0.215 e. The first-order valence-electron chi connectivity index (χ1n) is 8.73. The minimum absolute atomic E-state index is 0.282. The van der Waals surface area contributed by atoms with E-state index in [4.69, 9.17) is 18.6 Å². The van der Waals surface area contributed by atoms with Crippen LogP contribution in [0.4, 0.5) is 11.4 Å². The Morgan fingerprint density at radius 3 is 1.96 bits per heavy atom. The van der Waals surface area contributed by atoms with Crippen LogP contribution in [0.25, 0.3) is 0 Å². The molecule has 0 N–H and O–H groups in total. The largest absolute Gasteiger partial charge is 0.222 e. The van der Waals surface area contributed by atoms with Gasteiger partial charge in [-0.25, -0.2) is 18.6 Å². The molecule has 4 rings (SSSR count). The lowest BCUT2D eigenvalue weighted by Crippen LogP contribution is -2.68. The Morgan fingerprint density at radius 1 is 0.808 bits per heavy atom. The van der Waals surface area contributed by atoms with Gasteiger partial charge in [-0.05, 0) is 12.8 Å². The molecule has 2 aliphatic rings. The van der Waals surface area contributed by atoms with Crippen molar-refractivity contribution in [3.8, 4) is 0 Å². The van der Waals surface area contributed by atoms with E-state index in [0.29, 0.717) is 0 Å². The molecule has 0 amide bonds. The highest BCUT2D eigenvalue weighted by atomic mass is 35.7. The topological polar surface area (TPSA) is 95.2 Å². The maximum atomic E-state index is 8.49. The number of hydrogen-bond donors (Lipinski definition) is 0. The lowest BCUT2D eigenvalue weighted by molar-refractivity contribution is -2.00. The van der Waals surface area contributed by atoms with Crippen LogP contribution in [0.5, 0.6) is 0 Å². The van der Waals surface area contributed by atoms with Crippen molar-refractivity contribution in [3.63, 3.8) is 0 Å². The van der Waals surface area contributed by atoms with E-state index < -0.39 is 10.2 Å². The average Bonchev–Trinajstić information content (AvgIpc) is 2.84. The fourth-order valence-corrected chi connectivity index (χ4v) is 4.36. The number of para-hydroxylation sites is 2. The molecule has 0 saturated heterocycles. The molecule has 6 heteroatoms. The van der Waals surface area contributed by atoms with Gasteiger partial charge in [0, 0.05) is 30.7 Å². The highest BCUT2D eigenvalue weighted by Crippen LogP contribution is 2.49. The molecule has 2 aromatic carbocycles. The highest BCUT2D eigenvalue weighted by Gasteiger charge is 2.50. The molecule has 138 valence electrons. The third kappa shape index (κ3) is 3.82. The van der Waals surface area contributed by atoms with Gasteiger partial charge in [-0.1, -0.05) is 55.7 Å². The Morgan fingerprint density at radius 2 is 1.35 bits per heavy atom. The monoisotopic (exact) mass is 375 g/mol. The van der Waals surface area contributed by atoms with Crippen molar-refractivity contribution in [2.24, 2.45) is 0 Å². The first kappa shape index (κ1) is 19.0. The van der Waals surface area contributed by atoms with Gasteiger partial charge in [0.2, 0.25) is 11.4 Å². The molecule has 0 aromatic heterocycles. The normalized spacial score (nSPS) is 18.3. The quantitative estimate of drug-likeness (QED) is 0.676. The van der Waals surface area contributed by atoms with Crippen molar-refractivity contribution in [2.75, 3.05) is 0 Å². The van der Waals surface area contributed by atoms with Crippen LogP contribution in [-0.2, 0) is 5.41 Å². The number of benzene rings is 2. The molecule has 26 heavy (non-hydrogen) atoms. The van der Waals surface area contributed by atoms with Gasteiger partial charge in [0.15, 0.2) is 5.71 Å². The Labute approximate surface area is 155 Å². The molecule has 2 aromatic rings. The predicted molar refractivity (Wildman–Crippen MR) is 89.8 cm³/mol. The molecule has 0 radical (unpaired) electrons. The summed E-state index contributed by atoms with van der Waals surface area (Å²) in [7, 11) is -4.94. The van der Waals surface area contributed by atoms with E-state index in [0.717, 1.165) is 0 Å². The summed E-state index contributed by atoms with van der Waals surface area (Å²) in [5.74, 6) is 0. The van der Waals surface area contributed by atoms with Gasteiger partial charge < -0.3 is 0 Å². The Kier molecular flexibility index (Phi) is 5.46. The maximum absolute atomic E-state index is 8.49. The summed E-state index contributed by atoms with van der Waals surface area (Å²) in [6.07, 6.45) is 6.71. The van der Waals surface area contributed by atoms with Crippen molar-refractivity contribution in [1.29, 1.82) is 0 Å². The molecule has 1 aliphatic heterocycles. The Hall–Kier alpha value is -1.76. The van der Waals surface area contributed by atoms with Gasteiger partial charge in [0.05, 0.1) is 5.41 Å². The number of halogens is 1. The third-order valence-corrected chi connectivity index (χ3v) is 5.41. The van der Waals surface area contributed by atoms with E-state index in [2.05, 4.69) is 66.1 Å². The zero-order valence-corrected chi connectivity index (χ0v) is 15.4. The molecule has 1 aliphatic carbocycles. The lowest BCUT2D eigenvalue weighted by atomic mass is 9.68. The van der Waals surface area contributed by atoms with Crippen LogP contribution >= 0.6 is 0 Å². The van der Waals surface area contributed by atoms with Gasteiger partial charge in [0.25, 0.3) is 0 Å². The third-order valence-electron chi connectivity index (χ3n) is 5.41. The van der Waals surface area contributed by atoms with Gasteiger partial charge >= 0.3 is 0 Å². The zero-order valence-electron chi connectivity index (χ0n) is 14.7. The van der Waals surface area contributed by atoms with Crippen molar-refractivity contribution < 1.29 is 28.9 Å². The van der Waals surface area contributed by atoms with Crippen LogP contribution in [0.15, 0.2) is 54.6 Å². The summed E-state index contributed by atoms with van der Waals surface area (Å²) in [5, 5.41) is 0. The zero-order chi connectivity index (χ0) is 18.8. The van der Waals surface area contributed by atoms with E-state index >= 15 is 0 Å². The van der Waals surface area contributed by atoms with E-state index in [-0.39, 0.29) is 5.41 Å². The number of nitrogens with zero attached hydrogens (tertiary/aromatic N) is 1. The molecule has 1 fully saturated rings. The first-order chi connectivity index (χ1) is 12.3. The molecular weight excluding hydrogens is 354 g/mol. The molecule has 0 unspecified atom stereocenters. The second-order valence-corrected chi connectivity index (χ2v) is 7.55. The molecular formula is C20H22ClNO4. The Bertz CT molecular complexity index is 787. The summed E-state index contributed by atoms with van der Waals surface area (Å²) in [6, 6.07) is 19.8. The molecule has 0 bridgehead atoms. The lowest BCUT2D eigenvalue weighted by Gasteiger charge is -2.31. The molecule has 5 nitrogen and oxygen atoms in total. The van der Waals surface area contributed by atoms with Gasteiger partial charge in [-0.2, -0.15) is 4.58 Å². The minimum Gasteiger partial charge on any atom is -0.222 e. The molecule has 1 heterocycles. The fourth-order valence-electron chi connectivity index (χ4n) is 4.36. The number of hydrogen-bond acceptors (Lipinski definition) is 4. The van der Waals surface area contributed by atoms with Gasteiger partial charge in [0.1, 0.15) is 0 Å². The van der Waals surface area contributed by atoms with Crippen LogP contribution in [0.3, 0.4) is 0 Å². The van der Waals surface area contributed by atoms with Crippen LogP contribution in [0, 0.1) is 10.2 Å². The van der Waals surface area contributed by atoms with Crippen molar-refractivity contribution in [2.45, 2.75) is 44.4 Å². The number of rotatable bonds is 1. The minimum atomic E-state index is -4.94. The smallest absolute Gasteiger partial charge is 0.215 e. The summed E-state index contributed by atoms with van der Waals surface area (Å²) < 4.78 is 36.5. The van der Waals surface area contributed by atoms with Crippen LogP contribution in [-0.4, -0.2) is 5.71 Å². The van der Waals surface area contributed by atoms with E-state index in [1.165, 1.54) is 49.2 Å². The Balaban J connectivity index is 0.000000349. The van der Waals surface area contributed by atoms with Crippen LogP contribution < -0.4 is 23.2 Å². The van der Waals surface area contributed by atoms with Crippen molar-refractivity contribution >= 4 is 17.1 Å². The molecule has 1 saturated carbocycles. The molecule has 1 spiro atoms. The van der Waals surface area contributed by atoms with Gasteiger partial charge in [-0.15, -0.1) is 10.2 Å². The van der Waals surface area contributed by atoms with E-state index in [1.807, 2.05) is 0 Å². The van der Waals surface area contributed by atoms with E-state index in [9.17, 15) is 0 Å². The fraction of sp³-hybridized carbons (Fsp3) is 0.350. The predicted octanol–water partition coefficient (Wildman–Crippen LogP) is 0.442. The van der Waals surface area contributed by atoms with Crippen LogP contribution in [0.1, 0.15) is 44.6 Å². The first-order valence-corrected chi connectivity index (χ1v) is 9.97. The van der Waals surface area contributed by atoms with E-state index in [1.54, 1.807) is 5.56 Å². The van der Waals surface area contributed by atoms with Crippen LogP contribution in [0.2, 0.25) is 0 Å². The van der Waals surface area contributed by atoms with Gasteiger partial charge in [-0.3, -0.25) is 0 Å².